The lowest BCUT2D eigenvalue weighted by atomic mass is 9.84. The molecule has 20 heteroatoms. The number of aliphatic carboxylic acids is 1. The summed E-state index contributed by atoms with van der Waals surface area (Å²) >= 11 is 0. The van der Waals surface area contributed by atoms with E-state index in [2.05, 4.69) is 0 Å². The van der Waals surface area contributed by atoms with Gasteiger partial charge in [-0.25, -0.2) is 4.79 Å². The number of ether oxygens (including phenoxy) is 6. The van der Waals surface area contributed by atoms with Crippen LogP contribution in [0.3, 0.4) is 0 Å². The van der Waals surface area contributed by atoms with E-state index >= 15 is 0 Å². The summed E-state index contributed by atoms with van der Waals surface area (Å²) < 4.78 is 33.8. The fourth-order valence-electron chi connectivity index (χ4n) is 5.91. The first-order valence-corrected chi connectivity index (χ1v) is 14.3. The second-order valence-corrected chi connectivity index (χ2v) is 11.6. The fraction of sp³-hybridized carbons (Fsp3) is 0.958. The van der Waals surface area contributed by atoms with Crippen molar-refractivity contribution in [1.82, 2.24) is 0 Å². The molecule has 1 saturated carbocycles. The van der Waals surface area contributed by atoms with Crippen LogP contribution in [0, 0.1) is 0 Å². The minimum Gasteiger partial charge on any atom is -0.479 e. The van der Waals surface area contributed by atoms with Gasteiger partial charge >= 0.3 is 5.97 Å². The number of carboxylic acids is 1. The molecule has 0 bridgehead atoms. The zero-order chi connectivity index (χ0) is 32.6. The van der Waals surface area contributed by atoms with Crippen molar-refractivity contribution in [2.24, 2.45) is 28.7 Å². The summed E-state index contributed by atoms with van der Waals surface area (Å²) in [5, 5.41) is 81.9. The normalized spacial score (nSPS) is 52.0. The lowest BCUT2D eigenvalue weighted by Crippen LogP contribution is -2.69. The molecule has 19 atom stereocenters. The van der Waals surface area contributed by atoms with Gasteiger partial charge in [0.15, 0.2) is 25.0 Å². The van der Waals surface area contributed by atoms with E-state index in [0.29, 0.717) is 0 Å². The Balaban J connectivity index is 1.44. The number of aliphatic hydroxyl groups excluding tert-OH is 7. The van der Waals surface area contributed by atoms with Crippen LogP contribution in [-0.2, 0) is 33.2 Å². The van der Waals surface area contributed by atoms with Crippen LogP contribution in [0.1, 0.15) is 12.8 Å². The smallest absolute Gasteiger partial charge is 0.335 e. The summed E-state index contributed by atoms with van der Waals surface area (Å²) in [6.07, 6.45) is -22.2. The molecule has 5 unspecified atom stereocenters. The van der Waals surface area contributed by atoms with E-state index in [9.17, 15) is 45.6 Å². The standard InChI is InChI=1S/C24H45N5O15/c25-3-9-8(31)2-7(28)22(39-9)41-17-5(26)1-6(27)18(16(17)36)42-23-12(32)11(29)19(10(4-30)40-23)43-24-15(35)13(33)14(34)20(44-24)21(37)38/h5-20,22-24,30-36H,1-4,25-29H2,(H,37,38)/t5-,6+,7+,8-,9+,10+,11+,12+,13?,14?,15?,16-,17+,18-,19+,20?,22+,23+,24?/m0/s1. The van der Waals surface area contributed by atoms with E-state index in [-0.39, 0.29) is 19.4 Å². The van der Waals surface area contributed by atoms with Crippen molar-refractivity contribution in [3.63, 3.8) is 0 Å². The first-order chi connectivity index (χ1) is 20.7. The third kappa shape index (κ3) is 7.17. The lowest BCUT2D eigenvalue weighted by molar-refractivity contribution is -0.350. The maximum Gasteiger partial charge on any atom is 0.335 e. The molecule has 0 spiro atoms. The topological polar surface area (TPSA) is 364 Å². The van der Waals surface area contributed by atoms with Crippen LogP contribution in [0.4, 0.5) is 0 Å². The molecule has 0 radical (unpaired) electrons. The molecule has 4 aliphatic rings. The number of hydrogen-bond donors (Lipinski definition) is 13. The minimum atomic E-state index is -1.98. The van der Waals surface area contributed by atoms with Crippen LogP contribution < -0.4 is 28.7 Å². The average Bonchev–Trinajstić information content (AvgIpc) is 2.97. The maximum absolute atomic E-state index is 11.4. The molecular formula is C24H45N5O15. The molecule has 0 aromatic heterocycles. The Morgan fingerprint density at radius 1 is 0.659 bits per heavy atom. The number of rotatable bonds is 9. The molecule has 4 rings (SSSR count). The minimum absolute atomic E-state index is 0.00790. The maximum atomic E-state index is 11.4. The SMILES string of the molecule is NC[C@H]1O[C@H](O[C@H]2[C@H](O)[C@@H](O[C@H]3O[C@H](CO)[C@@H](OC4OC(C(=O)O)C(O)C(O)C4O)[C@H](N)[C@H]3O)[C@H](N)C[C@@H]2N)[C@H](N)C[C@@H]1O. The number of nitrogens with two attached hydrogens (primary N) is 5. The van der Waals surface area contributed by atoms with E-state index in [0.717, 1.165) is 0 Å². The molecule has 0 aromatic rings. The van der Waals surface area contributed by atoms with Gasteiger partial charge in [-0.2, -0.15) is 0 Å². The average molecular weight is 644 g/mol. The third-order valence-electron chi connectivity index (χ3n) is 8.49. The van der Waals surface area contributed by atoms with Gasteiger partial charge in [-0.15, -0.1) is 0 Å². The molecule has 20 nitrogen and oxygen atoms in total. The Bertz CT molecular complexity index is 958. The highest BCUT2D eigenvalue weighted by molar-refractivity contribution is 5.73. The first kappa shape index (κ1) is 35.6. The Kier molecular flexibility index (Phi) is 11.9. The molecule has 3 heterocycles. The molecule has 1 aliphatic carbocycles. The van der Waals surface area contributed by atoms with Crippen LogP contribution in [0.5, 0.6) is 0 Å². The number of carboxylic acid groups (broad SMARTS) is 1. The van der Waals surface area contributed by atoms with Gasteiger partial charge in [0.2, 0.25) is 0 Å². The highest BCUT2D eigenvalue weighted by Gasteiger charge is 2.53. The predicted octanol–water partition coefficient (Wildman–Crippen LogP) is -8.38. The zero-order valence-electron chi connectivity index (χ0n) is 23.6. The van der Waals surface area contributed by atoms with E-state index in [4.69, 9.17) is 57.1 Å². The lowest BCUT2D eigenvalue weighted by Gasteiger charge is -2.49. The quantitative estimate of drug-likeness (QED) is 0.111. The monoisotopic (exact) mass is 643 g/mol. The zero-order valence-corrected chi connectivity index (χ0v) is 23.6. The highest BCUT2D eigenvalue weighted by atomic mass is 16.7. The second-order valence-electron chi connectivity index (χ2n) is 11.6. The van der Waals surface area contributed by atoms with Crippen molar-refractivity contribution in [2.45, 2.75) is 129 Å². The molecule has 256 valence electrons. The van der Waals surface area contributed by atoms with Crippen LogP contribution in [0.2, 0.25) is 0 Å². The van der Waals surface area contributed by atoms with E-state index in [1.54, 1.807) is 0 Å². The summed E-state index contributed by atoms with van der Waals surface area (Å²) in [5.41, 5.74) is 30.4. The van der Waals surface area contributed by atoms with Crippen molar-refractivity contribution in [2.75, 3.05) is 13.2 Å². The van der Waals surface area contributed by atoms with Gasteiger partial charge in [-0.3, -0.25) is 0 Å². The van der Waals surface area contributed by atoms with Crippen LogP contribution >= 0.6 is 0 Å². The molecule has 3 saturated heterocycles. The van der Waals surface area contributed by atoms with Gasteiger partial charge in [0.25, 0.3) is 0 Å². The summed E-state index contributed by atoms with van der Waals surface area (Å²) in [7, 11) is 0. The molecule has 3 aliphatic heterocycles. The van der Waals surface area contributed by atoms with Gasteiger partial charge in [0, 0.05) is 18.6 Å². The molecule has 18 N–H and O–H groups in total. The van der Waals surface area contributed by atoms with Gasteiger partial charge in [-0.1, -0.05) is 0 Å². The summed E-state index contributed by atoms with van der Waals surface area (Å²) in [5.74, 6) is -1.65. The summed E-state index contributed by atoms with van der Waals surface area (Å²) in [6, 6.07) is -3.88. The van der Waals surface area contributed by atoms with Gasteiger partial charge in [0.1, 0.15) is 54.9 Å². The Labute approximate surface area is 251 Å². The number of hydrogen-bond acceptors (Lipinski definition) is 19. The van der Waals surface area contributed by atoms with Gasteiger partial charge in [-0.05, 0) is 12.8 Å². The van der Waals surface area contributed by atoms with Gasteiger partial charge < -0.3 is 97.9 Å². The van der Waals surface area contributed by atoms with Gasteiger partial charge in [0.05, 0.1) is 30.9 Å². The molecular weight excluding hydrogens is 598 g/mol. The van der Waals surface area contributed by atoms with Crippen molar-refractivity contribution in [1.29, 1.82) is 0 Å². The van der Waals surface area contributed by atoms with Crippen molar-refractivity contribution in [3.05, 3.63) is 0 Å². The highest BCUT2D eigenvalue weighted by Crippen LogP contribution is 2.33. The van der Waals surface area contributed by atoms with Crippen molar-refractivity contribution >= 4 is 5.97 Å². The van der Waals surface area contributed by atoms with Crippen LogP contribution in [0.25, 0.3) is 0 Å². The molecule has 4 fully saturated rings. The fourth-order valence-corrected chi connectivity index (χ4v) is 5.91. The second kappa shape index (κ2) is 14.7. The Morgan fingerprint density at radius 2 is 1.20 bits per heavy atom. The summed E-state index contributed by atoms with van der Waals surface area (Å²) in [4.78, 5) is 11.4. The van der Waals surface area contributed by atoms with E-state index in [1.165, 1.54) is 0 Å². The van der Waals surface area contributed by atoms with Crippen molar-refractivity contribution < 1.29 is 74.1 Å². The number of carbonyl (C=O) groups is 1. The van der Waals surface area contributed by atoms with Crippen LogP contribution in [-0.4, -0.2) is 176 Å². The van der Waals surface area contributed by atoms with Crippen molar-refractivity contribution in [3.8, 4) is 0 Å². The predicted molar refractivity (Wildman–Crippen MR) is 142 cm³/mol. The Morgan fingerprint density at radius 3 is 1.77 bits per heavy atom. The Hall–Kier alpha value is -1.25. The first-order valence-electron chi connectivity index (χ1n) is 14.3. The summed E-state index contributed by atoms with van der Waals surface area (Å²) in [6.45, 7) is -0.783. The molecule has 0 amide bonds. The largest absolute Gasteiger partial charge is 0.479 e. The molecule has 0 aromatic carbocycles. The molecule has 44 heavy (non-hydrogen) atoms. The van der Waals surface area contributed by atoms with E-state index in [1.807, 2.05) is 0 Å². The number of aliphatic hydroxyl groups is 7. The van der Waals surface area contributed by atoms with Crippen LogP contribution in [0.15, 0.2) is 0 Å². The third-order valence-corrected chi connectivity index (χ3v) is 8.49. The van der Waals surface area contributed by atoms with E-state index < -0.39 is 129 Å².